The van der Waals surface area contributed by atoms with E-state index in [4.69, 9.17) is 0 Å². The zero-order valence-electron chi connectivity index (χ0n) is 11.0. The Morgan fingerprint density at radius 1 is 1.28 bits per heavy atom. The lowest BCUT2D eigenvalue weighted by Gasteiger charge is -2.29. The van der Waals surface area contributed by atoms with Crippen molar-refractivity contribution in [1.82, 2.24) is 15.5 Å². The molecule has 1 aromatic rings. The quantitative estimate of drug-likeness (QED) is 0.828. The van der Waals surface area contributed by atoms with Crippen molar-refractivity contribution in [2.24, 2.45) is 0 Å². The van der Waals surface area contributed by atoms with Crippen LogP contribution in [0.4, 0.5) is 4.39 Å². The highest BCUT2D eigenvalue weighted by Gasteiger charge is 2.13. The van der Waals surface area contributed by atoms with Crippen LogP contribution >= 0.6 is 0 Å². The van der Waals surface area contributed by atoms with Gasteiger partial charge in [-0.15, -0.1) is 0 Å². The van der Waals surface area contributed by atoms with E-state index in [9.17, 15) is 4.39 Å². The Morgan fingerprint density at radius 3 is 2.56 bits per heavy atom. The minimum atomic E-state index is -0.171. The second-order valence-corrected chi connectivity index (χ2v) is 4.77. The molecule has 0 bridgehead atoms. The number of nitrogens with one attached hydrogen (secondary N) is 2. The Balaban J connectivity index is 1.86. The SMILES string of the molecule is CNC(CCN1CCNCC1)c1ccc(F)cc1. The maximum absolute atomic E-state index is 12.9. The maximum Gasteiger partial charge on any atom is 0.123 e. The first-order valence-corrected chi connectivity index (χ1v) is 6.65. The zero-order chi connectivity index (χ0) is 12.8. The minimum Gasteiger partial charge on any atom is -0.314 e. The van der Waals surface area contributed by atoms with Gasteiger partial charge in [0.2, 0.25) is 0 Å². The second-order valence-electron chi connectivity index (χ2n) is 4.77. The van der Waals surface area contributed by atoms with Gasteiger partial charge in [-0.25, -0.2) is 4.39 Å². The van der Waals surface area contributed by atoms with Crippen molar-refractivity contribution in [3.63, 3.8) is 0 Å². The molecule has 1 aliphatic heterocycles. The number of halogens is 1. The van der Waals surface area contributed by atoms with Crippen molar-refractivity contribution in [1.29, 1.82) is 0 Å². The molecular formula is C14H22FN3. The summed E-state index contributed by atoms with van der Waals surface area (Å²) in [6.45, 7) is 5.51. The van der Waals surface area contributed by atoms with Gasteiger partial charge in [0.15, 0.2) is 0 Å². The predicted octanol–water partition coefficient (Wildman–Crippen LogP) is 1.38. The highest BCUT2D eigenvalue weighted by atomic mass is 19.1. The zero-order valence-corrected chi connectivity index (χ0v) is 11.0. The van der Waals surface area contributed by atoms with Gasteiger partial charge in [0.25, 0.3) is 0 Å². The van der Waals surface area contributed by atoms with E-state index in [1.165, 1.54) is 12.1 Å². The van der Waals surface area contributed by atoms with Crippen LogP contribution in [0.25, 0.3) is 0 Å². The highest BCUT2D eigenvalue weighted by molar-refractivity contribution is 5.19. The summed E-state index contributed by atoms with van der Waals surface area (Å²) in [6, 6.07) is 7.11. The summed E-state index contributed by atoms with van der Waals surface area (Å²) >= 11 is 0. The number of nitrogens with zero attached hydrogens (tertiary/aromatic N) is 1. The van der Waals surface area contributed by atoms with Crippen LogP contribution in [0.3, 0.4) is 0 Å². The van der Waals surface area contributed by atoms with E-state index >= 15 is 0 Å². The molecule has 18 heavy (non-hydrogen) atoms. The van der Waals surface area contributed by atoms with Gasteiger partial charge in [0.05, 0.1) is 0 Å². The molecule has 2 rings (SSSR count). The van der Waals surface area contributed by atoms with Gasteiger partial charge < -0.3 is 15.5 Å². The fourth-order valence-electron chi connectivity index (χ4n) is 2.42. The third-order valence-corrected chi connectivity index (χ3v) is 3.56. The third kappa shape index (κ3) is 3.77. The van der Waals surface area contributed by atoms with Gasteiger partial charge in [-0.2, -0.15) is 0 Å². The number of rotatable bonds is 5. The number of benzene rings is 1. The molecule has 1 heterocycles. The molecule has 4 heteroatoms. The molecule has 1 fully saturated rings. The van der Waals surface area contributed by atoms with Crippen LogP contribution in [0, 0.1) is 5.82 Å². The number of piperazine rings is 1. The molecular weight excluding hydrogens is 229 g/mol. The summed E-state index contributed by atoms with van der Waals surface area (Å²) in [7, 11) is 1.96. The van der Waals surface area contributed by atoms with Gasteiger partial charge in [-0.1, -0.05) is 12.1 Å². The molecule has 1 aliphatic rings. The van der Waals surface area contributed by atoms with Crippen LogP contribution in [0.5, 0.6) is 0 Å². The van der Waals surface area contributed by atoms with Crippen molar-refractivity contribution in [2.45, 2.75) is 12.5 Å². The van der Waals surface area contributed by atoms with E-state index in [1.54, 1.807) is 0 Å². The van der Waals surface area contributed by atoms with Crippen molar-refractivity contribution >= 4 is 0 Å². The van der Waals surface area contributed by atoms with Gasteiger partial charge in [0, 0.05) is 38.8 Å². The van der Waals surface area contributed by atoms with Crippen molar-refractivity contribution < 1.29 is 4.39 Å². The minimum absolute atomic E-state index is 0.171. The summed E-state index contributed by atoms with van der Waals surface area (Å²) < 4.78 is 12.9. The standard InChI is InChI=1S/C14H22FN3/c1-16-14(12-2-4-13(15)5-3-12)6-9-18-10-7-17-8-11-18/h2-5,14,16-17H,6-11H2,1H3. The molecule has 1 unspecified atom stereocenters. The first-order chi connectivity index (χ1) is 8.79. The van der Waals surface area contributed by atoms with E-state index in [0.717, 1.165) is 44.7 Å². The maximum atomic E-state index is 12.9. The molecule has 1 aromatic carbocycles. The molecule has 1 atom stereocenters. The van der Waals surface area contributed by atoms with E-state index in [-0.39, 0.29) is 5.82 Å². The molecule has 1 saturated heterocycles. The van der Waals surface area contributed by atoms with Gasteiger partial charge in [-0.3, -0.25) is 0 Å². The van der Waals surface area contributed by atoms with Crippen LogP contribution in [0.1, 0.15) is 18.0 Å². The molecule has 3 nitrogen and oxygen atoms in total. The normalized spacial score (nSPS) is 18.8. The molecule has 0 radical (unpaired) electrons. The predicted molar refractivity (Wildman–Crippen MR) is 72.1 cm³/mol. The lowest BCUT2D eigenvalue weighted by atomic mass is 10.0. The average Bonchev–Trinajstić information content (AvgIpc) is 2.42. The van der Waals surface area contributed by atoms with Crippen molar-refractivity contribution in [3.8, 4) is 0 Å². The highest BCUT2D eigenvalue weighted by Crippen LogP contribution is 2.17. The van der Waals surface area contributed by atoms with Gasteiger partial charge >= 0.3 is 0 Å². The number of hydrogen-bond acceptors (Lipinski definition) is 3. The van der Waals surface area contributed by atoms with E-state index < -0.39 is 0 Å². The van der Waals surface area contributed by atoms with E-state index in [0.29, 0.717) is 6.04 Å². The molecule has 0 saturated carbocycles. The summed E-state index contributed by atoms with van der Waals surface area (Å²) in [6.07, 6.45) is 1.06. The smallest absolute Gasteiger partial charge is 0.123 e. The summed E-state index contributed by atoms with van der Waals surface area (Å²) in [5.74, 6) is -0.171. The van der Waals surface area contributed by atoms with Crippen LogP contribution in [0.2, 0.25) is 0 Å². The van der Waals surface area contributed by atoms with Crippen LogP contribution in [-0.4, -0.2) is 44.7 Å². The lowest BCUT2D eigenvalue weighted by molar-refractivity contribution is 0.229. The Labute approximate surface area is 108 Å². The largest absolute Gasteiger partial charge is 0.314 e. The lowest BCUT2D eigenvalue weighted by Crippen LogP contribution is -2.44. The summed E-state index contributed by atoms with van der Waals surface area (Å²) in [5, 5.41) is 6.67. The first-order valence-electron chi connectivity index (χ1n) is 6.65. The second kappa shape index (κ2) is 6.83. The Bertz CT molecular complexity index is 347. The monoisotopic (exact) mass is 251 g/mol. The molecule has 0 spiro atoms. The van der Waals surface area contributed by atoms with Crippen molar-refractivity contribution in [2.75, 3.05) is 39.8 Å². The fourth-order valence-corrected chi connectivity index (χ4v) is 2.42. The van der Waals surface area contributed by atoms with E-state index in [2.05, 4.69) is 15.5 Å². The molecule has 0 aliphatic carbocycles. The Hall–Kier alpha value is -0.970. The molecule has 100 valence electrons. The topological polar surface area (TPSA) is 27.3 Å². The van der Waals surface area contributed by atoms with Crippen LogP contribution < -0.4 is 10.6 Å². The fraction of sp³-hybridized carbons (Fsp3) is 0.571. The Morgan fingerprint density at radius 2 is 1.94 bits per heavy atom. The summed E-state index contributed by atoms with van der Waals surface area (Å²) in [4.78, 5) is 2.48. The first kappa shape index (κ1) is 13.5. The average molecular weight is 251 g/mol. The van der Waals surface area contributed by atoms with Crippen LogP contribution in [-0.2, 0) is 0 Å². The van der Waals surface area contributed by atoms with Gasteiger partial charge in [0.1, 0.15) is 5.82 Å². The molecule has 0 aromatic heterocycles. The Kier molecular flexibility index (Phi) is 5.11. The summed E-state index contributed by atoms with van der Waals surface area (Å²) in [5.41, 5.74) is 1.16. The van der Waals surface area contributed by atoms with Crippen molar-refractivity contribution in [3.05, 3.63) is 35.6 Å². The number of hydrogen-bond donors (Lipinski definition) is 2. The van der Waals surface area contributed by atoms with Gasteiger partial charge in [-0.05, 0) is 31.2 Å². The van der Waals surface area contributed by atoms with E-state index in [1.807, 2.05) is 19.2 Å². The molecule has 0 amide bonds. The third-order valence-electron chi connectivity index (χ3n) is 3.56. The van der Waals surface area contributed by atoms with Crippen LogP contribution in [0.15, 0.2) is 24.3 Å². The molecule has 2 N–H and O–H groups in total.